The first kappa shape index (κ1) is 13.4. The Morgan fingerprint density at radius 2 is 1.76 bits per heavy atom. The van der Waals surface area contributed by atoms with Crippen LogP contribution >= 0.6 is 0 Å². The fourth-order valence-electron chi connectivity index (χ4n) is 1.38. The number of hydrogen-bond acceptors (Lipinski definition) is 3. The number of hydrogen-bond donors (Lipinski definition) is 1. The van der Waals surface area contributed by atoms with Crippen LogP contribution in [0.25, 0.3) is 0 Å². The second-order valence-corrected chi connectivity index (χ2v) is 3.43. The molecule has 4 heteroatoms. The van der Waals surface area contributed by atoms with Crippen LogP contribution in [-0.4, -0.2) is 19.1 Å². The molecule has 0 unspecified atom stereocenters. The van der Waals surface area contributed by atoms with Crippen molar-refractivity contribution in [3.05, 3.63) is 18.2 Å². The zero-order valence-corrected chi connectivity index (χ0v) is 10.6. The Morgan fingerprint density at radius 1 is 1.12 bits per heavy atom. The molecule has 0 fully saturated rings. The van der Waals surface area contributed by atoms with E-state index < -0.39 is 0 Å². The number of ether oxygens (including phenoxy) is 2. The van der Waals surface area contributed by atoms with E-state index >= 15 is 0 Å². The van der Waals surface area contributed by atoms with Gasteiger partial charge in [-0.3, -0.25) is 4.79 Å². The summed E-state index contributed by atoms with van der Waals surface area (Å²) < 4.78 is 10.9. The Labute approximate surface area is 102 Å². The molecule has 0 heterocycles. The SMILES string of the molecule is CCOc1ccc(NC(=O)CC)cc1OCC. The summed E-state index contributed by atoms with van der Waals surface area (Å²) in [5.74, 6) is 1.34. The number of anilines is 1. The molecular formula is C13H19NO3. The normalized spacial score (nSPS) is 9.82. The maximum absolute atomic E-state index is 11.3. The van der Waals surface area contributed by atoms with Gasteiger partial charge < -0.3 is 14.8 Å². The molecule has 1 aromatic carbocycles. The highest BCUT2D eigenvalue weighted by atomic mass is 16.5. The van der Waals surface area contributed by atoms with Gasteiger partial charge in [-0.15, -0.1) is 0 Å². The minimum Gasteiger partial charge on any atom is -0.490 e. The molecule has 0 saturated heterocycles. The van der Waals surface area contributed by atoms with E-state index in [0.29, 0.717) is 31.1 Å². The number of amides is 1. The third-order valence-electron chi connectivity index (χ3n) is 2.15. The zero-order chi connectivity index (χ0) is 12.7. The number of carbonyl (C=O) groups excluding carboxylic acids is 1. The van der Waals surface area contributed by atoms with Crippen molar-refractivity contribution >= 4 is 11.6 Å². The summed E-state index contributed by atoms with van der Waals surface area (Å²) in [5, 5.41) is 2.79. The lowest BCUT2D eigenvalue weighted by Crippen LogP contribution is -2.09. The van der Waals surface area contributed by atoms with E-state index in [1.807, 2.05) is 20.8 Å². The predicted molar refractivity (Wildman–Crippen MR) is 67.7 cm³/mol. The molecule has 0 radical (unpaired) electrons. The average Bonchev–Trinajstić information content (AvgIpc) is 2.33. The topological polar surface area (TPSA) is 47.6 Å². The second-order valence-electron chi connectivity index (χ2n) is 3.43. The van der Waals surface area contributed by atoms with Crippen LogP contribution in [0, 0.1) is 0 Å². The number of carbonyl (C=O) groups is 1. The van der Waals surface area contributed by atoms with Gasteiger partial charge in [0.1, 0.15) is 0 Å². The maximum Gasteiger partial charge on any atom is 0.224 e. The molecule has 0 aliphatic rings. The van der Waals surface area contributed by atoms with E-state index in [9.17, 15) is 4.79 Å². The first-order valence-electron chi connectivity index (χ1n) is 5.90. The van der Waals surface area contributed by atoms with Crippen molar-refractivity contribution in [1.29, 1.82) is 0 Å². The number of rotatable bonds is 6. The molecule has 94 valence electrons. The molecule has 0 atom stereocenters. The molecule has 4 nitrogen and oxygen atoms in total. The second kappa shape index (κ2) is 6.78. The van der Waals surface area contributed by atoms with Crippen molar-refractivity contribution < 1.29 is 14.3 Å². The van der Waals surface area contributed by atoms with Crippen molar-refractivity contribution in [2.45, 2.75) is 27.2 Å². The molecule has 1 aromatic rings. The van der Waals surface area contributed by atoms with Crippen LogP contribution in [0.1, 0.15) is 27.2 Å². The fraction of sp³-hybridized carbons (Fsp3) is 0.462. The minimum absolute atomic E-state index is 0.0170. The molecule has 0 saturated carbocycles. The molecule has 1 N–H and O–H groups in total. The molecule has 17 heavy (non-hydrogen) atoms. The molecule has 0 aliphatic heterocycles. The quantitative estimate of drug-likeness (QED) is 0.827. The fourth-order valence-corrected chi connectivity index (χ4v) is 1.38. The van der Waals surface area contributed by atoms with Crippen molar-refractivity contribution in [2.24, 2.45) is 0 Å². The largest absolute Gasteiger partial charge is 0.490 e. The molecule has 0 spiro atoms. The first-order chi connectivity index (χ1) is 8.21. The van der Waals surface area contributed by atoms with Crippen LogP contribution in [-0.2, 0) is 4.79 Å². The average molecular weight is 237 g/mol. The smallest absolute Gasteiger partial charge is 0.224 e. The highest BCUT2D eigenvalue weighted by molar-refractivity contribution is 5.90. The summed E-state index contributed by atoms with van der Waals surface area (Å²) in [6.45, 7) is 6.79. The molecule has 0 bridgehead atoms. The molecule has 1 amide bonds. The number of nitrogens with one attached hydrogen (secondary N) is 1. The molecule has 0 aliphatic carbocycles. The van der Waals surface area contributed by atoms with Crippen molar-refractivity contribution in [1.82, 2.24) is 0 Å². The standard InChI is InChI=1S/C13H19NO3/c1-4-13(15)14-10-7-8-11(16-5-2)12(9-10)17-6-3/h7-9H,4-6H2,1-3H3,(H,14,15). The van der Waals surface area contributed by atoms with Crippen LogP contribution in [0.15, 0.2) is 18.2 Å². The zero-order valence-electron chi connectivity index (χ0n) is 10.6. The third kappa shape index (κ3) is 3.98. The van der Waals surface area contributed by atoms with E-state index in [1.165, 1.54) is 0 Å². The summed E-state index contributed by atoms with van der Waals surface area (Å²) in [6.07, 6.45) is 0.456. The molecular weight excluding hydrogens is 218 g/mol. The Kier molecular flexibility index (Phi) is 5.33. The Bertz CT molecular complexity index is 377. The summed E-state index contributed by atoms with van der Waals surface area (Å²) in [6, 6.07) is 5.39. The van der Waals surface area contributed by atoms with Gasteiger partial charge in [0.25, 0.3) is 0 Å². The van der Waals surface area contributed by atoms with E-state index in [4.69, 9.17) is 9.47 Å². The van der Waals surface area contributed by atoms with Crippen molar-refractivity contribution in [2.75, 3.05) is 18.5 Å². The van der Waals surface area contributed by atoms with Gasteiger partial charge in [0, 0.05) is 18.2 Å². The van der Waals surface area contributed by atoms with Gasteiger partial charge in [0.05, 0.1) is 13.2 Å². The van der Waals surface area contributed by atoms with E-state index in [1.54, 1.807) is 18.2 Å². The van der Waals surface area contributed by atoms with Gasteiger partial charge in [-0.05, 0) is 26.0 Å². The van der Waals surface area contributed by atoms with Gasteiger partial charge in [-0.25, -0.2) is 0 Å². The predicted octanol–water partition coefficient (Wildman–Crippen LogP) is 2.83. The monoisotopic (exact) mass is 237 g/mol. The summed E-state index contributed by atoms with van der Waals surface area (Å²) in [7, 11) is 0. The van der Waals surface area contributed by atoms with Crippen molar-refractivity contribution in [3.8, 4) is 11.5 Å². The van der Waals surface area contributed by atoms with Gasteiger partial charge in [-0.2, -0.15) is 0 Å². The van der Waals surface area contributed by atoms with Crippen LogP contribution in [0.2, 0.25) is 0 Å². The lowest BCUT2D eigenvalue weighted by Gasteiger charge is -2.12. The Hall–Kier alpha value is -1.71. The molecule has 1 rings (SSSR count). The van der Waals surface area contributed by atoms with Crippen LogP contribution in [0.5, 0.6) is 11.5 Å². The van der Waals surface area contributed by atoms with Crippen LogP contribution in [0.4, 0.5) is 5.69 Å². The van der Waals surface area contributed by atoms with Gasteiger partial charge in [-0.1, -0.05) is 6.92 Å². The minimum atomic E-state index is -0.0170. The van der Waals surface area contributed by atoms with Crippen molar-refractivity contribution in [3.63, 3.8) is 0 Å². The Morgan fingerprint density at radius 3 is 2.35 bits per heavy atom. The van der Waals surface area contributed by atoms with Gasteiger partial charge in [0.2, 0.25) is 5.91 Å². The highest BCUT2D eigenvalue weighted by Crippen LogP contribution is 2.30. The number of benzene rings is 1. The van der Waals surface area contributed by atoms with Crippen LogP contribution in [0.3, 0.4) is 0 Å². The summed E-state index contributed by atoms with van der Waals surface area (Å²) >= 11 is 0. The van der Waals surface area contributed by atoms with Gasteiger partial charge in [0.15, 0.2) is 11.5 Å². The van der Waals surface area contributed by atoms with Crippen LogP contribution < -0.4 is 14.8 Å². The third-order valence-corrected chi connectivity index (χ3v) is 2.15. The summed E-state index contributed by atoms with van der Waals surface area (Å²) in [4.78, 5) is 11.3. The first-order valence-corrected chi connectivity index (χ1v) is 5.90. The maximum atomic E-state index is 11.3. The summed E-state index contributed by atoms with van der Waals surface area (Å²) in [5.41, 5.74) is 0.726. The van der Waals surface area contributed by atoms with E-state index in [0.717, 1.165) is 5.69 Å². The van der Waals surface area contributed by atoms with E-state index in [-0.39, 0.29) is 5.91 Å². The van der Waals surface area contributed by atoms with Gasteiger partial charge >= 0.3 is 0 Å². The van der Waals surface area contributed by atoms with E-state index in [2.05, 4.69) is 5.32 Å². The lowest BCUT2D eigenvalue weighted by atomic mass is 10.2. The molecule has 0 aromatic heterocycles. The highest BCUT2D eigenvalue weighted by Gasteiger charge is 2.07. The lowest BCUT2D eigenvalue weighted by molar-refractivity contribution is -0.115. The Balaban J connectivity index is 2.88.